The van der Waals surface area contributed by atoms with Crippen LogP contribution in [-0.2, 0) is 9.59 Å². The van der Waals surface area contributed by atoms with Crippen molar-refractivity contribution >= 4 is 17.5 Å². The molecule has 2 amide bonds. The van der Waals surface area contributed by atoms with Crippen LogP contribution in [0.15, 0.2) is 24.5 Å². The first kappa shape index (κ1) is 17.5. The van der Waals surface area contributed by atoms with Crippen LogP contribution in [0.2, 0.25) is 0 Å². The minimum Gasteiger partial charge on any atom is -0.344 e. The number of hydrogen-bond acceptors (Lipinski definition) is 3. The molecule has 0 saturated heterocycles. The minimum absolute atomic E-state index is 0.0368. The fraction of sp³-hybridized carbons (Fsp3) is 0.667. The molecule has 4 fully saturated rings. The van der Waals surface area contributed by atoms with Crippen LogP contribution < -0.4 is 10.6 Å². The average Bonchev–Trinajstić information content (AvgIpc) is 2.58. The van der Waals surface area contributed by atoms with Gasteiger partial charge in [-0.15, -0.1) is 0 Å². The van der Waals surface area contributed by atoms with E-state index in [-0.39, 0.29) is 23.1 Å². The molecular formula is C21H29N3O2. The van der Waals surface area contributed by atoms with Crippen LogP contribution >= 0.6 is 0 Å². The Hall–Kier alpha value is -1.91. The fourth-order valence-electron chi connectivity index (χ4n) is 5.87. The zero-order valence-electron chi connectivity index (χ0n) is 15.7. The topological polar surface area (TPSA) is 71.1 Å². The van der Waals surface area contributed by atoms with Crippen LogP contribution in [0.4, 0.5) is 5.69 Å². The average molecular weight is 355 g/mol. The van der Waals surface area contributed by atoms with Gasteiger partial charge < -0.3 is 10.6 Å². The van der Waals surface area contributed by atoms with Crippen molar-refractivity contribution in [2.45, 2.75) is 58.4 Å². The second-order valence-electron chi connectivity index (χ2n) is 9.12. The number of rotatable bonds is 5. The molecule has 140 valence electrons. The maximum Gasteiger partial charge on any atom is 0.247 e. The maximum atomic E-state index is 13.3. The van der Waals surface area contributed by atoms with Crippen LogP contribution in [-0.4, -0.2) is 22.8 Å². The smallest absolute Gasteiger partial charge is 0.247 e. The molecule has 4 bridgehead atoms. The van der Waals surface area contributed by atoms with Crippen LogP contribution in [0.25, 0.3) is 0 Å². The SMILES string of the molecule is CC(C)C(NC(=O)C12CC3CC(CC(C3)C1)C2)C(=O)Nc1ccncc1. The summed E-state index contributed by atoms with van der Waals surface area (Å²) in [4.78, 5) is 30.0. The van der Waals surface area contributed by atoms with Crippen molar-refractivity contribution in [3.05, 3.63) is 24.5 Å². The summed E-state index contributed by atoms with van der Waals surface area (Å²) in [5.41, 5.74) is 0.485. The molecule has 26 heavy (non-hydrogen) atoms. The Kier molecular flexibility index (Phi) is 4.49. The molecular weight excluding hydrogens is 326 g/mol. The van der Waals surface area contributed by atoms with Crippen LogP contribution in [0, 0.1) is 29.1 Å². The first-order valence-corrected chi connectivity index (χ1v) is 9.97. The summed E-state index contributed by atoms with van der Waals surface area (Å²) < 4.78 is 0. The molecule has 0 aromatic carbocycles. The van der Waals surface area contributed by atoms with Gasteiger partial charge in [-0.3, -0.25) is 14.6 Å². The summed E-state index contributed by atoms with van der Waals surface area (Å²) >= 11 is 0. The van der Waals surface area contributed by atoms with Gasteiger partial charge in [0.05, 0.1) is 0 Å². The Balaban J connectivity index is 1.46. The summed E-state index contributed by atoms with van der Waals surface area (Å²) in [7, 11) is 0. The van der Waals surface area contributed by atoms with Crippen molar-refractivity contribution in [2.24, 2.45) is 29.1 Å². The molecule has 5 heteroatoms. The summed E-state index contributed by atoms with van der Waals surface area (Å²) in [5, 5.41) is 6.04. The molecule has 2 N–H and O–H groups in total. The van der Waals surface area contributed by atoms with Gasteiger partial charge in [0, 0.05) is 23.5 Å². The predicted octanol–water partition coefficient (Wildman–Crippen LogP) is 3.38. The van der Waals surface area contributed by atoms with Crippen molar-refractivity contribution in [3.8, 4) is 0 Å². The summed E-state index contributed by atoms with van der Waals surface area (Å²) in [6.45, 7) is 3.97. The quantitative estimate of drug-likeness (QED) is 0.850. The van der Waals surface area contributed by atoms with Crippen molar-refractivity contribution in [3.63, 3.8) is 0 Å². The van der Waals surface area contributed by atoms with E-state index in [1.165, 1.54) is 19.3 Å². The number of anilines is 1. The molecule has 0 aliphatic heterocycles. The van der Waals surface area contributed by atoms with E-state index in [2.05, 4.69) is 15.6 Å². The zero-order chi connectivity index (χ0) is 18.3. The number of hydrogen-bond donors (Lipinski definition) is 2. The number of aromatic nitrogens is 1. The van der Waals surface area contributed by atoms with Gasteiger partial charge >= 0.3 is 0 Å². The largest absolute Gasteiger partial charge is 0.344 e. The Morgan fingerprint density at radius 1 is 1.04 bits per heavy atom. The van der Waals surface area contributed by atoms with E-state index in [1.807, 2.05) is 13.8 Å². The van der Waals surface area contributed by atoms with Gasteiger partial charge in [-0.2, -0.15) is 0 Å². The minimum atomic E-state index is -0.510. The third kappa shape index (κ3) is 3.24. The molecule has 0 radical (unpaired) electrons. The van der Waals surface area contributed by atoms with E-state index in [0.29, 0.717) is 5.69 Å². The van der Waals surface area contributed by atoms with E-state index in [4.69, 9.17) is 0 Å². The lowest BCUT2D eigenvalue weighted by atomic mass is 9.49. The van der Waals surface area contributed by atoms with E-state index in [0.717, 1.165) is 37.0 Å². The Bertz CT molecular complexity index is 650. The second-order valence-corrected chi connectivity index (χ2v) is 9.12. The third-order valence-electron chi connectivity index (χ3n) is 6.70. The fourth-order valence-corrected chi connectivity index (χ4v) is 5.87. The van der Waals surface area contributed by atoms with Crippen LogP contribution in [0.3, 0.4) is 0 Å². The molecule has 1 unspecified atom stereocenters. The van der Waals surface area contributed by atoms with Gasteiger partial charge in [0.2, 0.25) is 11.8 Å². The molecule has 5 nitrogen and oxygen atoms in total. The number of nitrogens with one attached hydrogen (secondary N) is 2. The van der Waals surface area contributed by atoms with Crippen LogP contribution in [0.5, 0.6) is 0 Å². The van der Waals surface area contributed by atoms with Gasteiger partial charge in [0.15, 0.2) is 0 Å². The van der Waals surface area contributed by atoms with Gasteiger partial charge in [0.25, 0.3) is 0 Å². The lowest BCUT2D eigenvalue weighted by Gasteiger charge is -2.55. The monoisotopic (exact) mass is 355 g/mol. The van der Waals surface area contributed by atoms with Gasteiger partial charge in [-0.1, -0.05) is 13.8 Å². The normalized spacial score (nSPS) is 33.1. The summed E-state index contributed by atoms with van der Waals surface area (Å²) in [6.07, 6.45) is 10.3. The lowest BCUT2D eigenvalue weighted by molar-refractivity contribution is -0.148. The number of nitrogens with zero attached hydrogens (tertiary/aromatic N) is 1. The van der Waals surface area contributed by atoms with Gasteiger partial charge in [-0.25, -0.2) is 0 Å². The first-order valence-electron chi connectivity index (χ1n) is 9.97. The number of carbonyl (C=O) groups is 2. The number of amides is 2. The highest BCUT2D eigenvalue weighted by Gasteiger charge is 2.55. The Morgan fingerprint density at radius 2 is 1.58 bits per heavy atom. The highest BCUT2D eigenvalue weighted by Crippen LogP contribution is 2.60. The molecule has 0 spiro atoms. The lowest BCUT2D eigenvalue weighted by Crippen LogP contribution is -2.57. The zero-order valence-corrected chi connectivity index (χ0v) is 15.7. The second kappa shape index (κ2) is 6.67. The summed E-state index contributed by atoms with van der Waals surface area (Å²) in [5.74, 6) is 2.15. The molecule has 4 aliphatic rings. The predicted molar refractivity (Wildman–Crippen MR) is 100 cm³/mol. The van der Waals surface area contributed by atoms with E-state index < -0.39 is 6.04 Å². The molecule has 1 aromatic heterocycles. The highest BCUT2D eigenvalue weighted by atomic mass is 16.2. The number of carbonyl (C=O) groups excluding carboxylic acids is 2. The maximum absolute atomic E-state index is 13.3. The van der Waals surface area contributed by atoms with Crippen LogP contribution in [0.1, 0.15) is 52.4 Å². The van der Waals surface area contributed by atoms with E-state index in [9.17, 15) is 9.59 Å². The molecule has 1 aromatic rings. The molecule has 1 heterocycles. The standard InChI is InChI=1S/C21H29N3O2/c1-13(2)18(19(25)23-17-3-5-22-6-4-17)24-20(26)21-10-14-7-15(11-21)9-16(8-14)12-21/h3-6,13-16,18H,7-12H2,1-2H3,(H,24,26)(H,22,23,25). The van der Waals surface area contributed by atoms with Gasteiger partial charge in [0.1, 0.15) is 6.04 Å². The third-order valence-corrected chi connectivity index (χ3v) is 6.70. The Labute approximate surface area is 155 Å². The molecule has 4 aliphatic carbocycles. The molecule has 1 atom stereocenters. The summed E-state index contributed by atoms with van der Waals surface area (Å²) in [6, 6.07) is 3.01. The van der Waals surface area contributed by atoms with E-state index in [1.54, 1.807) is 24.5 Å². The van der Waals surface area contributed by atoms with Crippen molar-refractivity contribution in [1.29, 1.82) is 0 Å². The molecule has 4 saturated carbocycles. The van der Waals surface area contributed by atoms with Crippen molar-refractivity contribution < 1.29 is 9.59 Å². The molecule has 5 rings (SSSR count). The van der Waals surface area contributed by atoms with Gasteiger partial charge in [-0.05, 0) is 74.3 Å². The van der Waals surface area contributed by atoms with E-state index >= 15 is 0 Å². The Morgan fingerprint density at radius 3 is 2.08 bits per heavy atom. The van der Waals surface area contributed by atoms with Crippen molar-refractivity contribution in [2.75, 3.05) is 5.32 Å². The van der Waals surface area contributed by atoms with Crippen molar-refractivity contribution in [1.82, 2.24) is 10.3 Å². The highest BCUT2D eigenvalue weighted by molar-refractivity contribution is 5.98. The number of pyridine rings is 1. The first-order chi connectivity index (χ1) is 12.4.